The van der Waals surface area contributed by atoms with E-state index >= 15 is 0 Å². The average molecular weight is 373 g/mol. The van der Waals surface area contributed by atoms with Gasteiger partial charge < -0.3 is 14.3 Å². The first-order valence-corrected chi connectivity index (χ1v) is 8.97. The van der Waals surface area contributed by atoms with Crippen LogP contribution in [0.15, 0.2) is 75.9 Å². The number of furan rings is 1. The fraction of sp³-hybridized carbons (Fsp3) is 0.136. The molecule has 0 atom stereocenters. The molecule has 28 heavy (non-hydrogen) atoms. The smallest absolute Gasteiger partial charge is 0.238 e. The number of nitrogens with one attached hydrogen (secondary N) is 1. The molecule has 0 spiro atoms. The van der Waals surface area contributed by atoms with Crippen LogP contribution < -0.4 is 5.32 Å². The fourth-order valence-corrected chi connectivity index (χ4v) is 2.99. The molecule has 0 unspecified atom stereocenters. The van der Waals surface area contributed by atoms with Crippen LogP contribution >= 0.6 is 0 Å². The van der Waals surface area contributed by atoms with E-state index in [1.165, 1.54) is 0 Å². The Labute approximate surface area is 162 Å². The molecule has 0 saturated carbocycles. The number of amides is 1. The highest BCUT2D eigenvalue weighted by atomic mass is 16.5. The lowest BCUT2D eigenvalue weighted by molar-refractivity contribution is -0.115. The second-order valence-electron chi connectivity index (χ2n) is 6.54. The zero-order valence-corrected chi connectivity index (χ0v) is 15.4. The van der Waals surface area contributed by atoms with Crippen molar-refractivity contribution in [2.45, 2.75) is 19.8 Å². The number of para-hydroxylation sites is 1. The summed E-state index contributed by atoms with van der Waals surface area (Å²) in [6.45, 7) is 2.01. The molecule has 2 heterocycles. The van der Waals surface area contributed by atoms with Crippen molar-refractivity contribution in [2.75, 3.05) is 5.32 Å². The van der Waals surface area contributed by atoms with E-state index in [1.54, 1.807) is 18.4 Å². The summed E-state index contributed by atoms with van der Waals surface area (Å²) in [5.41, 5.74) is 3.75. The lowest BCUT2D eigenvalue weighted by atomic mass is 10.1. The van der Waals surface area contributed by atoms with Crippen molar-refractivity contribution in [1.29, 1.82) is 0 Å². The minimum atomic E-state index is -0.0696. The molecule has 1 N–H and O–H groups in total. The maximum absolute atomic E-state index is 12.5. The Kier molecular flexibility index (Phi) is 5.01. The molecule has 1 amide bonds. The first kappa shape index (κ1) is 17.7. The molecule has 4 aromatic rings. The average Bonchev–Trinajstić information content (AvgIpc) is 3.35. The van der Waals surface area contributed by atoms with Crippen molar-refractivity contribution >= 4 is 11.6 Å². The Hall–Kier alpha value is -3.67. The monoisotopic (exact) mass is 373 g/mol. The van der Waals surface area contributed by atoms with Crippen LogP contribution in [-0.2, 0) is 17.6 Å². The van der Waals surface area contributed by atoms with Crippen molar-refractivity contribution in [3.05, 3.63) is 89.5 Å². The minimum Gasteiger partial charge on any atom is -0.461 e. The van der Waals surface area contributed by atoms with Crippen LogP contribution in [0.5, 0.6) is 0 Å². The molecule has 6 heteroatoms. The van der Waals surface area contributed by atoms with Gasteiger partial charge in [-0.3, -0.25) is 4.79 Å². The molecule has 0 radical (unpaired) electrons. The SMILES string of the molecule is Cc1cccc(CC(=O)Nc2ccccc2Cc2nc(-c3ccco3)no2)c1. The maximum Gasteiger partial charge on any atom is 0.238 e. The quantitative estimate of drug-likeness (QED) is 0.541. The second kappa shape index (κ2) is 7.92. The minimum absolute atomic E-state index is 0.0696. The lowest BCUT2D eigenvalue weighted by Crippen LogP contribution is -2.15. The summed E-state index contributed by atoms with van der Waals surface area (Å²) in [5, 5.41) is 6.93. The van der Waals surface area contributed by atoms with Crippen LogP contribution in [0.4, 0.5) is 5.69 Å². The molecule has 2 aromatic carbocycles. The van der Waals surface area contributed by atoms with Gasteiger partial charge in [-0.1, -0.05) is 53.2 Å². The summed E-state index contributed by atoms with van der Waals surface area (Å²) in [7, 11) is 0. The number of hydrogen-bond donors (Lipinski definition) is 1. The molecule has 0 aliphatic rings. The number of benzene rings is 2. The highest BCUT2D eigenvalue weighted by Gasteiger charge is 2.14. The van der Waals surface area contributed by atoms with Gasteiger partial charge in [-0.2, -0.15) is 4.98 Å². The van der Waals surface area contributed by atoms with Crippen molar-refractivity contribution in [3.8, 4) is 11.6 Å². The number of carbonyl (C=O) groups is 1. The van der Waals surface area contributed by atoms with Crippen molar-refractivity contribution in [1.82, 2.24) is 10.1 Å². The van der Waals surface area contributed by atoms with Gasteiger partial charge in [-0.15, -0.1) is 0 Å². The number of nitrogens with zero attached hydrogens (tertiary/aromatic N) is 2. The van der Waals surface area contributed by atoms with Gasteiger partial charge in [-0.25, -0.2) is 0 Å². The molecular formula is C22H19N3O3. The topological polar surface area (TPSA) is 81.2 Å². The third kappa shape index (κ3) is 4.17. The second-order valence-corrected chi connectivity index (χ2v) is 6.54. The van der Waals surface area contributed by atoms with Crippen molar-refractivity contribution in [2.24, 2.45) is 0 Å². The van der Waals surface area contributed by atoms with Crippen LogP contribution in [0.1, 0.15) is 22.6 Å². The van der Waals surface area contributed by atoms with E-state index < -0.39 is 0 Å². The van der Waals surface area contributed by atoms with E-state index in [9.17, 15) is 4.79 Å². The van der Waals surface area contributed by atoms with E-state index in [1.807, 2.05) is 55.5 Å². The predicted octanol–water partition coefficient (Wildman–Crippen LogP) is 4.41. The molecule has 6 nitrogen and oxygen atoms in total. The van der Waals surface area contributed by atoms with E-state index in [4.69, 9.17) is 8.94 Å². The molecule has 0 aliphatic carbocycles. The van der Waals surface area contributed by atoms with Gasteiger partial charge in [0.15, 0.2) is 5.76 Å². The summed E-state index contributed by atoms with van der Waals surface area (Å²) in [6, 6.07) is 19.1. The Bertz CT molecular complexity index is 1080. The number of aryl methyl sites for hydroxylation is 1. The summed E-state index contributed by atoms with van der Waals surface area (Å²) in [4.78, 5) is 16.8. The largest absolute Gasteiger partial charge is 0.461 e. The van der Waals surface area contributed by atoms with Gasteiger partial charge in [-0.05, 0) is 36.2 Å². The predicted molar refractivity (Wildman–Crippen MR) is 105 cm³/mol. The zero-order chi connectivity index (χ0) is 19.3. The van der Waals surface area contributed by atoms with E-state index in [2.05, 4.69) is 15.5 Å². The van der Waals surface area contributed by atoms with Gasteiger partial charge in [0.2, 0.25) is 17.6 Å². The molecule has 140 valence electrons. The van der Waals surface area contributed by atoms with E-state index in [0.717, 1.165) is 22.4 Å². The number of carbonyl (C=O) groups excluding carboxylic acids is 1. The van der Waals surface area contributed by atoms with Crippen molar-refractivity contribution < 1.29 is 13.7 Å². The van der Waals surface area contributed by atoms with Crippen LogP contribution in [0, 0.1) is 6.92 Å². The van der Waals surface area contributed by atoms with Crippen molar-refractivity contribution in [3.63, 3.8) is 0 Å². The normalized spacial score (nSPS) is 10.8. The first-order valence-electron chi connectivity index (χ1n) is 8.97. The van der Waals surface area contributed by atoms with Crippen LogP contribution in [0.3, 0.4) is 0 Å². The fourth-order valence-electron chi connectivity index (χ4n) is 2.99. The van der Waals surface area contributed by atoms with Crippen LogP contribution in [-0.4, -0.2) is 16.0 Å². The number of rotatable bonds is 6. The number of aromatic nitrogens is 2. The highest BCUT2D eigenvalue weighted by molar-refractivity contribution is 5.93. The van der Waals surface area contributed by atoms with Crippen LogP contribution in [0.25, 0.3) is 11.6 Å². The van der Waals surface area contributed by atoms with Gasteiger partial charge >= 0.3 is 0 Å². The first-order chi connectivity index (χ1) is 13.7. The van der Waals surface area contributed by atoms with Gasteiger partial charge in [0.25, 0.3) is 0 Å². The molecule has 4 rings (SSSR count). The molecule has 0 saturated heterocycles. The third-order valence-electron chi connectivity index (χ3n) is 4.29. The summed E-state index contributed by atoms with van der Waals surface area (Å²) in [6.07, 6.45) is 2.29. The zero-order valence-electron chi connectivity index (χ0n) is 15.4. The van der Waals surface area contributed by atoms with E-state index in [-0.39, 0.29) is 5.91 Å². The van der Waals surface area contributed by atoms with Gasteiger partial charge in [0, 0.05) is 5.69 Å². The Morgan fingerprint density at radius 2 is 1.96 bits per heavy atom. The highest BCUT2D eigenvalue weighted by Crippen LogP contribution is 2.21. The molecule has 0 bridgehead atoms. The molecule has 0 aliphatic heterocycles. The Morgan fingerprint density at radius 3 is 2.79 bits per heavy atom. The van der Waals surface area contributed by atoms with E-state index in [0.29, 0.717) is 30.3 Å². The molecular weight excluding hydrogens is 354 g/mol. The standard InChI is InChI=1S/C22H19N3O3/c1-15-6-4-7-16(12-15)13-20(26)23-18-9-3-2-8-17(18)14-21-24-22(25-28-21)19-10-5-11-27-19/h2-12H,13-14H2,1H3,(H,23,26). The molecule has 0 fully saturated rings. The lowest BCUT2D eigenvalue weighted by Gasteiger charge is -2.10. The molecule has 2 aromatic heterocycles. The third-order valence-corrected chi connectivity index (χ3v) is 4.29. The van der Waals surface area contributed by atoms with Gasteiger partial charge in [0.1, 0.15) is 0 Å². The number of hydrogen-bond acceptors (Lipinski definition) is 5. The Morgan fingerprint density at radius 1 is 1.07 bits per heavy atom. The summed E-state index contributed by atoms with van der Waals surface area (Å²) < 4.78 is 10.6. The maximum atomic E-state index is 12.5. The van der Waals surface area contributed by atoms with Gasteiger partial charge in [0.05, 0.1) is 19.1 Å². The number of anilines is 1. The Balaban J connectivity index is 1.47. The summed E-state index contributed by atoms with van der Waals surface area (Å²) >= 11 is 0. The summed E-state index contributed by atoms with van der Waals surface area (Å²) in [5.74, 6) is 1.34. The van der Waals surface area contributed by atoms with Crippen LogP contribution in [0.2, 0.25) is 0 Å².